The maximum atomic E-state index is 14.0. The summed E-state index contributed by atoms with van der Waals surface area (Å²) in [4.78, 5) is 44.6. The standard InChI is InChI=1S/C24H34N2O5S/c1-4-6-12-25-13-9-11-24-17(18-22(30)31-14-8-7-10-23(18,3)32-24)20(28)26(16(5-2)15-27)19(24)21(25)29/h7,9-11,16-19,27H,4-6,8,12-15H2,1-3H3/t16-,17-,18-,19?,23+,24-/m0/s1. The number of carbonyl (C=O) groups is 3. The number of aliphatic hydroxyl groups is 1. The Morgan fingerprint density at radius 2 is 1.97 bits per heavy atom. The van der Waals surface area contributed by atoms with E-state index in [2.05, 4.69) is 6.92 Å². The molecule has 2 fully saturated rings. The number of nitrogens with zero attached hydrogens (tertiary/aromatic N) is 2. The van der Waals surface area contributed by atoms with Gasteiger partial charge in [0.1, 0.15) is 6.04 Å². The Kier molecular flexibility index (Phi) is 6.47. The Morgan fingerprint density at radius 3 is 2.66 bits per heavy atom. The van der Waals surface area contributed by atoms with Crippen molar-refractivity contribution in [1.82, 2.24) is 9.80 Å². The third-order valence-corrected chi connectivity index (χ3v) is 9.19. The molecule has 4 rings (SSSR count). The monoisotopic (exact) mass is 462 g/mol. The van der Waals surface area contributed by atoms with E-state index in [0.29, 0.717) is 32.5 Å². The summed E-state index contributed by atoms with van der Waals surface area (Å²) < 4.78 is 4.02. The number of aliphatic hydroxyl groups excluding tert-OH is 1. The molecule has 4 heterocycles. The summed E-state index contributed by atoms with van der Waals surface area (Å²) in [6.07, 6.45) is 11.1. The number of cyclic esters (lactones) is 1. The molecule has 2 amide bonds. The first-order valence-corrected chi connectivity index (χ1v) is 12.6. The number of amides is 2. The lowest BCUT2D eigenvalue weighted by molar-refractivity contribution is -0.154. The van der Waals surface area contributed by atoms with E-state index in [4.69, 9.17) is 4.74 Å². The van der Waals surface area contributed by atoms with Crippen molar-refractivity contribution in [3.05, 3.63) is 24.3 Å². The SMILES string of the molecule is CCCCN1CC=C[C@]23S[C@]4(C)C=CCCOC(=O)[C@@H]4[C@H]2C(=O)N([C@@H](CC)CO)C3C1=O. The number of esters is 1. The van der Waals surface area contributed by atoms with Gasteiger partial charge in [-0.1, -0.05) is 44.6 Å². The average Bonchev–Trinajstić information content (AvgIpc) is 3.08. The second-order valence-electron chi connectivity index (χ2n) is 9.39. The van der Waals surface area contributed by atoms with Crippen LogP contribution in [0, 0.1) is 11.8 Å². The Balaban J connectivity index is 1.87. The van der Waals surface area contributed by atoms with E-state index < -0.39 is 33.4 Å². The van der Waals surface area contributed by atoms with Gasteiger partial charge in [-0.05, 0) is 26.2 Å². The van der Waals surface area contributed by atoms with Gasteiger partial charge in [-0.15, -0.1) is 11.8 Å². The van der Waals surface area contributed by atoms with Gasteiger partial charge in [0.2, 0.25) is 11.8 Å². The van der Waals surface area contributed by atoms with Crippen LogP contribution in [-0.2, 0) is 19.1 Å². The number of rotatable bonds is 6. The van der Waals surface area contributed by atoms with Gasteiger partial charge in [-0.3, -0.25) is 14.4 Å². The molecule has 0 saturated carbocycles. The molecule has 7 nitrogen and oxygen atoms in total. The summed E-state index contributed by atoms with van der Waals surface area (Å²) in [5.74, 6) is -2.07. The first-order valence-electron chi connectivity index (χ1n) is 11.8. The molecule has 0 radical (unpaired) electrons. The van der Waals surface area contributed by atoms with Crippen LogP contribution >= 0.6 is 11.8 Å². The van der Waals surface area contributed by atoms with Gasteiger partial charge in [0.15, 0.2) is 0 Å². The number of hydrogen-bond donors (Lipinski definition) is 1. The van der Waals surface area contributed by atoms with Gasteiger partial charge in [0, 0.05) is 17.8 Å². The zero-order valence-electron chi connectivity index (χ0n) is 19.2. The molecule has 32 heavy (non-hydrogen) atoms. The highest BCUT2D eigenvalue weighted by Crippen LogP contribution is 2.65. The van der Waals surface area contributed by atoms with Gasteiger partial charge in [-0.25, -0.2) is 0 Å². The molecule has 0 aromatic carbocycles. The van der Waals surface area contributed by atoms with Gasteiger partial charge >= 0.3 is 5.97 Å². The molecule has 2 saturated heterocycles. The van der Waals surface area contributed by atoms with Gasteiger partial charge in [0.25, 0.3) is 0 Å². The van der Waals surface area contributed by atoms with Crippen molar-refractivity contribution in [2.24, 2.45) is 11.8 Å². The molecule has 0 bridgehead atoms. The quantitative estimate of drug-likeness (QED) is 0.481. The highest BCUT2D eigenvalue weighted by Gasteiger charge is 2.74. The van der Waals surface area contributed by atoms with Crippen molar-refractivity contribution in [3.8, 4) is 0 Å². The Labute approximate surface area is 194 Å². The maximum absolute atomic E-state index is 14.0. The number of thioether (sulfide) groups is 1. The predicted molar refractivity (Wildman–Crippen MR) is 123 cm³/mol. The van der Waals surface area contributed by atoms with Crippen LogP contribution in [0.25, 0.3) is 0 Å². The lowest BCUT2D eigenvalue weighted by atomic mass is 9.74. The largest absolute Gasteiger partial charge is 0.465 e. The van der Waals surface area contributed by atoms with Crippen LogP contribution in [0.2, 0.25) is 0 Å². The van der Waals surface area contributed by atoms with E-state index in [1.54, 1.807) is 16.7 Å². The van der Waals surface area contributed by atoms with Crippen LogP contribution in [0.3, 0.4) is 0 Å². The fourth-order valence-electron chi connectivity index (χ4n) is 5.83. The molecule has 1 unspecified atom stereocenters. The molecule has 6 atom stereocenters. The van der Waals surface area contributed by atoms with Crippen LogP contribution in [0.15, 0.2) is 24.3 Å². The van der Waals surface area contributed by atoms with Gasteiger partial charge < -0.3 is 19.6 Å². The molecule has 0 aromatic heterocycles. The lowest BCUT2D eigenvalue weighted by Gasteiger charge is -2.39. The summed E-state index contributed by atoms with van der Waals surface area (Å²) in [5.41, 5.74) is 0. The van der Waals surface area contributed by atoms with Crippen molar-refractivity contribution < 1.29 is 24.2 Å². The summed E-state index contributed by atoms with van der Waals surface area (Å²) in [5, 5.41) is 10.1. The van der Waals surface area contributed by atoms with Crippen LogP contribution < -0.4 is 0 Å². The number of ether oxygens (including phenoxy) is 1. The molecular formula is C24H34N2O5S. The minimum Gasteiger partial charge on any atom is -0.465 e. The maximum Gasteiger partial charge on any atom is 0.311 e. The zero-order valence-corrected chi connectivity index (χ0v) is 20.0. The number of likely N-dealkylation sites (tertiary alicyclic amines) is 1. The average molecular weight is 463 g/mol. The fraction of sp³-hybridized carbons (Fsp3) is 0.708. The Hall–Kier alpha value is -1.80. The second-order valence-corrected chi connectivity index (χ2v) is 11.2. The van der Waals surface area contributed by atoms with Crippen molar-refractivity contribution in [2.75, 3.05) is 26.3 Å². The normalized spacial score (nSPS) is 37.4. The van der Waals surface area contributed by atoms with Crippen molar-refractivity contribution in [2.45, 2.75) is 68.0 Å². The van der Waals surface area contributed by atoms with Gasteiger partial charge in [0.05, 0.1) is 35.8 Å². The van der Waals surface area contributed by atoms with Crippen molar-refractivity contribution >= 4 is 29.5 Å². The molecule has 1 N–H and O–H groups in total. The summed E-state index contributed by atoms with van der Waals surface area (Å²) in [6.45, 7) is 7.17. The molecule has 0 aliphatic carbocycles. The molecule has 8 heteroatoms. The van der Waals surface area contributed by atoms with E-state index in [-0.39, 0.29) is 24.4 Å². The lowest BCUT2D eigenvalue weighted by Crippen LogP contribution is -2.56. The van der Waals surface area contributed by atoms with E-state index in [9.17, 15) is 19.5 Å². The van der Waals surface area contributed by atoms with Crippen LogP contribution in [0.1, 0.15) is 46.5 Å². The summed E-state index contributed by atoms with van der Waals surface area (Å²) in [7, 11) is 0. The third kappa shape index (κ3) is 3.41. The predicted octanol–water partition coefficient (Wildman–Crippen LogP) is 2.15. The summed E-state index contributed by atoms with van der Waals surface area (Å²) >= 11 is 1.55. The first kappa shape index (κ1) is 23.4. The molecule has 0 aromatic rings. The number of hydrogen-bond acceptors (Lipinski definition) is 6. The topological polar surface area (TPSA) is 87.2 Å². The molecule has 4 aliphatic rings. The minimum atomic E-state index is -0.870. The summed E-state index contributed by atoms with van der Waals surface area (Å²) in [6, 6.07) is -1.21. The van der Waals surface area contributed by atoms with Crippen LogP contribution in [0.5, 0.6) is 0 Å². The fourth-order valence-corrected chi connectivity index (χ4v) is 7.97. The molecular weight excluding hydrogens is 428 g/mol. The second kappa shape index (κ2) is 8.86. The minimum absolute atomic E-state index is 0.0890. The Morgan fingerprint density at radius 1 is 1.19 bits per heavy atom. The smallest absolute Gasteiger partial charge is 0.311 e. The van der Waals surface area contributed by atoms with Crippen LogP contribution in [0.4, 0.5) is 0 Å². The third-order valence-electron chi connectivity index (χ3n) is 7.40. The number of carbonyl (C=O) groups excluding carboxylic acids is 3. The van der Waals surface area contributed by atoms with E-state index in [1.807, 2.05) is 43.1 Å². The molecule has 1 spiro atoms. The molecule has 176 valence electrons. The number of fused-ring (bicyclic) bond motifs is 2. The highest BCUT2D eigenvalue weighted by molar-refractivity contribution is 8.02. The number of unbranched alkanes of at least 4 members (excludes halogenated alkanes) is 1. The highest BCUT2D eigenvalue weighted by atomic mass is 32.2. The van der Waals surface area contributed by atoms with E-state index in [0.717, 1.165) is 12.8 Å². The first-order chi connectivity index (χ1) is 15.3. The van der Waals surface area contributed by atoms with Gasteiger partial charge in [-0.2, -0.15) is 0 Å². The van der Waals surface area contributed by atoms with Crippen molar-refractivity contribution in [1.29, 1.82) is 0 Å². The van der Waals surface area contributed by atoms with Crippen LogP contribution in [-0.4, -0.2) is 80.6 Å². The Bertz CT molecular complexity index is 840. The zero-order chi connectivity index (χ0) is 23.1. The van der Waals surface area contributed by atoms with Crippen molar-refractivity contribution in [3.63, 3.8) is 0 Å². The van der Waals surface area contributed by atoms with E-state index in [1.165, 1.54) is 0 Å². The molecule has 4 aliphatic heterocycles. The van der Waals surface area contributed by atoms with E-state index >= 15 is 0 Å².